The molecule has 2 heterocycles. The Kier molecular flexibility index (Phi) is 5.26. The van der Waals surface area contributed by atoms with E-state index in [1.807, 2.05) is 20.8 Å². The Balaban J connectivity index is 2.19. The SMILES string of the molecule is C[C@@H](N[S+]([O-])C(C)(C)C)c1cc(-c2ccnc(C(F)(F)F)c2)no1. The maximum absolute atomic E-state index is 12.7. The third-order valence-corrected chi connectivity index (χ3v) is 4.82. The minimum Gasteiger partial charge on any atom is -0.598 e. The van der Waals surface area contributed by atoms with Crippen molar-refractivity contribution >= 4 is 11.4 Å². The van der Waals surface area contributed by atoms with E-state index in [2.05, 4.69) is 14.9 Å². The molecule has 5 nitrogen and oxygen atoms in total. The van der Waals surface area contributed by atoms with Crippen LogP contribution in [-0.2, 0) is 17.5 Å². The Labute approximate surface area is 141 Å². The lowest BCUT2D eigenvalue weighted by Gasteiger charge is -2.25. The first-order chi connectivity index (χ1) is 11.0. The van der Waals surface area contributed by atoms with Crippen LogP contribution in [0.1, 0.15) is 45.2 Å². The lowest BCUT2D eigenvalue weighted by Crippen LogP contribution is -2.40. The quantitative estimate of drug-likeness (QED) is 0.837. The smallest absolute Gasteiger partial charge is 0.433 e. The van der Waals surface area contributed by atoms with Crippen LogP contribution in [0.4, 0.5) is 13.2 Å². The Morgan fingerprint density at radius 3 is 2.50 bits per heavy atom. The van der Waals surface area contributed by atoms with E-state index >= 15 is 0 Å². The lowest BCUT2D eigenvalue weighted by molar-refractivity contribution is -0.141. The molecule has 132 valence electrons. The van der Waals surface area contributed by atoms with Crippen molar-refractivity contribution in [1.82, 2.24) is 14.9 Å². The van der Waals surface area contributed by atoms with Crippen LogP contribution in [0.2, 0.25) is 0 Å². The van der Waals surface area contributed by atoms with E-state index in [1.54, 1.807) is 6.92 Å². The summed E-state index contributed by atoms with van der Waals surface area (Å²) in [6, 6.07) is 3.44. The normalized spacial score (nSPS) is 15.3. The number of hydrogen-bond donors (Lipinski definition) is 1. The molecular weight excluding hydrogens is 343 g/mol. The summed E-state index contributed by atoms with van der Waals surface area (Å²) < 4.78 is 57.9. The summed E-state index contributed by atoms with van der Waals surface area (Å²) in [6.45, 7) is 7.21. The monoisotopic (exact) mass is 361 g/mol. The molecule has 0 aliphatic heterocycles. The molecule has 2 aromatic heterocycles. The number of halogens is 3. The number of rotatable bonds is 4. The third kappa shape index (κ3) is 4.49. The number of hydrogen-bond acceptors (Lipinski definition) is 5. The fourth-order valence-corrected chi connectivity index (χ4v) is 2.56. The summed E-state index contributed by atoms with van der Waals surface area (Å²) in [4.78, 5) is 3.31. The largest absolute Gasteiger partial charge is 0.598 e. The van der Waals surface area contributed by atoms with Crippen LogP contribution in [0.25, 0.3) is 11.3 Å². The van der Waals surface area contributed by atoms with Gasteiger partial charge in [-0.3, -0.25) is 4.98 Å². The molecule has 2 atom stereocenters. The van der Waals surface area contributed by atoms with E-state index in [-0.39, 0.29) is 11.3 Å². The highest BCUT2D eigenvalue weighted by Gasteiger charge is 2.33. The fourth-order valence-electron chi connectivity index (χ4n) is 1.77. The highest BCUT2D eigenvalue weighted by Crippen LogP contribution is 2.31. The lowest BCUT2D eigenvalue weighted by atomic mass is 10.1. The molecule has 0 aromatic carbocycles. The van der Waals surface area contributed by atoms with E-state index in [4.69, 9.17) is 4.52 Å². The first kappa shape index (κ1) is 18.8. The molecule has 0 aliphatic carbocycles. The Morgan fingerprint density at radius 1 is 1.25 bits per heavy atom. The van der Waals surface area contributed by atoms with Crippen LogP contribution < -0.4 is 4.72 Å². The maximum atomic E-state index is 12.7. The Morgan fingerprint density at radius 2 is 1.92 bits per heavy atom. The van der Waals surface area contributed by atoms with Gasteiger partial charge in [-0.05, 0) is 39.8 Å². The van der Waals surface area contributed by atoms with E-state index in [1.165, 1.54) is 12.1 Å². The van der Waals surface area contributed by atoms with Crippen LogP contribution in [0.5, 0.6) is 0 Å². The number of nitrogens with one attached hydrogen (secondary N) is 1. The van der Waals surface area contributed by atoms with Gasteiger partial charge in [0.15, 0.2) is 5.76 Å². The average Bonchev–Trinajstić information content (AvgIpc) is 2.95. The zero-order valence-corrected chi connectivity index (χ0v) is 14.5. The highest BCUT2D eigenvalue weighted by molar-refractivity contribution is 7.90. The summed E-state index contributed by atoms with van der Waals surface area (Å²) in [5.41, 5.74) is -0.492. The Bertz CT molecular complexity index is 698. The van der Waals surface area contributed by atoms with E-state index in [0.29, 0.717) is 5.76 Å². The summed E-state index contributed by atoms with van der Waals surface area (Å²) in [5, 5.41) is 3.79. The number of pyridine rings is 1. The van der Waals surface area contributed by atoms with Crippen molar-refractivity contribution in [2.75, 3.05) is 0 Å². The van der Waals surface area contributed by atoms with Gasteiger partial charge in [-0.15, -0.1) is 4.72 Å². The van der Waals surface area contributed by atoms with Crippen LogP contribution in [0.3, 0.4) is 0 Å². The third-order valence-electron chi connectivity index (χ3n) is 3.14. The first-order valence-electron chi connectivity index (χ1n) is 7.17. The van der Waals surface area contributed by atoms with Crippen molar-refractivity contribution in [3.8, 4) is 11.3 Å². The van der Waals surface area contributed by atoms with Crippen LogP contribution in [-0.4, -0.2) is 19.4 Å². The number of nitrogens with zero attached hydrogens (tertiary/aromatic N) is 2. The molecule has 0 radical (unpaired) electrons. The van der Waals surface area contributed by atoms with Gasteiger partial charge in [0.25, 0.3) is 0 Å². The van der Waals surface area contributed by atoms with Gasteiger partial charge in [0.05, 0.1) is 0 Å². The molecule has 1 N–H and O–H groups in total. The molecule has 0 amide bonds. The molecule has 24 heavy (non-hydrogen) atoms. The molecular formula is C15H18F3N3O2S. The zero-order valence-electron chi connectivity index (χ0n) is 13.6. The van der Waals surface area contributed by atoms with E-state index in [0.717, 1.165) is 12.3 Å². The second-order valence-electron chi connectivity index (χ2n) is 6.26. The predicted octanol–water partition coefficient (Wildman–Crippen LogP) is 3.87. The summed E-state index contributed by atoms with van der Waals surface area (Å²) >= 11 is -1.32. The van der Waals surface area contributed by atoms with Crippen molar-refractivity contribution in [3.05, 3.63) is 35.9 Å². The second kappa shape index (κ2) is 6.73. The van der Waals surface area contributed by atoms with Crippen molar-refractivity contribution < 1.29 is 22.2 Å². The summed E-state index contributed by atoms with van der Waals surface area (Å²) in [5.74, 6) is 0.382. The predicted molar refractivity (Wildman–Crippen MR) is 84.2 cm³/mol. The van der Waals surface area contributed by atoms with Gasteiger partial charge in [0.2, 0.25) is 0 Å². The molecule has 1 unspecified atom stereocenters. The van der Waals surface area contributed by atoms with Gasteiger partial charge in [-0.1, -0.05) is 5.16 Å². The van der Waals surface area contributed by atoms with Gasteiger partial charge in [-0.2, -0.15) is 13.2 Å². The fraction of sp³-hybridized carbons (Fsp3) is 0.467. The zero-order chi connectivity index (χ0) is 18.1. The molecule has 2 rings (SSSR count). The van der Waals surface area contributed by atoms with Crippen LogP contribution in [0, 0.1) is 0 Å². The molecule has 0 spiro atoms. The molecule has 0 fully saturated rings. The standard InChI is InChI=1S/C15H18F3N3O2S/c1-9(21-24(22)14(2,3)4)12-8-11(20-23-12)10-5-6-19-13(7-10)15(16,17)18/h5-9,21H,1-4H3/t9-,24?/m1/s1. The van der Waals surface area contributed by atoms with Gasteiger partial charge in [0.1, 0.15) is 22.2 Å². The van der Waals surface area contributed by atoms with Crippen molar-refractivity contribution in [2.45, 2.75) is 44.7 Å². The second-order valence-corrected chi connectivity index (χ2v) is 8.26. The van der Waals surface area contributed by atoms with E-state index < -0.39 is 34.0 Å². The van der Waals surface area contributed by atoms with Gasteiger partial charge >= 0.3 is 6.18 Å². The molecule has 0 aliphatic rings. The van der Waals surface area contributed by atoms with Gasteiger partial charge < -0.3 is 9.08 Å². The summed E-state index contributed by atoms with van der Waals surface area (Å²) in [7, 11) is 0. The van der Waals surface area contributed by atoms with Crippen molar-refractivity contribution in [1.29, 1.82) is 0 Å². The topological polar surface area (TPSA) is 74.0 Å². The molecule has 2 aromatic rings. The van der Waals surface area contributed by atoms with Crippen molar-refractivity contribution in [3.63, 3.8) is 0 Å². The molecule has 9 heteroatoms. The van der Waals surface area contributed by atoms with Crippen LogP contribution >= 0.6 is 0 Å². The summed E-state index contributed by atoms with van der Waals surface area (Å²) in [6.07, 6.45) is -3.45. The minimum atomic E-state index is -4.53. The first-order valence-corrected chi connectivity index (χ1v) is 8.32. The maximum Gasteiger partial charge on any atom is 0.433 e. The number of alkyl halides is 3. The van der Waals surface area contributed by atoms with Crippen molar-refractivity contribution in [2.24, 2.45) is 0 Å². The number of aromatic nitrogens is 2. The Hall–Kier alpha value is -1.58. The van der Waals surface area contributed by atoms with Gasteiger partial charge in [0, 0.05) is 29.2 Å². The average molecular weight is 361 g/mol. The molecule has 0 saturated heterocycles. The minimum absolute atomic E-state index is 0.247. The molecule has 0 saturated carbocycles. The van der Waals surface area contributed by atoms with Crippen LogP contribution in [0.15, 0.2) is 28.9 Å². The van der Waals surface area contributed by atoms with Gasteiger partial charge in [-0.25, -0.2) is 0 Å². The molecule has 0 bridgehead atoms. The van der Waals surface area contributed by atoms with E-state index in [9.17, 15) is 17.7 Å². The highest BCUT2D eigenvalue weighted by atomic mass is 32.2.